The monoisotopic (exact) mass is 441 g/mol. The highest BCUT2D eigenvalue weighted by molar-refractivity contribution is 5.67. The van der Waals surface area contributed by atoms with Crippen LogP contribution in [-0.2, 0) is 23.8 Å². The van der Waals surface area contributed by atoms with Crippen molar-refractivity contribution in [1.82, 2.24) is 4.90 Å². The Hall–Kier alpha value is -1.40. The maximum atomic E-state index is 12.3. The van der Waals surface area contributed by atoms with Gasteiger partial charge in [0, 0.05) is 42.1 Å². The van der Waals surface area contributed by atoms with E-state index in [1.54, 1.807) is 0 Å². The molecule has 0 radical (unpaired) electrons. The van der Waals surface area contributed by atoms with Crippen LogP contribution in [0.5, 0.6) is 0 Å². The quantitative estimate of drug-likeness (QED) is 0.495. The molecule has 0 aromatic carbocycles. The molecule has 4 aliphatic heterocycles. The second kappa shape index (κ2) is 5.80. The summed E-state index contributed by atoms with van der Waals surface area (Å²) in [5, 5.41) is 0. The molecule has 32 heavy (non-hydrogen) atoms. The van der Waals surface area contributed by atoms with Gasteiger partial charge in [-0.15, -0.1) is 0 Å². The molecule has 12 atom stereocenters. The SMILES string of the molecule is C=C1C2CC3(C1OC(C)=O)C1CC4C5(C)CCC6OC5N(CC)C1C64C3CC2OC(C)=O. The molecule has 5 aliphatic carbocycles. The third-order valence-electron chi connectivity index (χ3n) is 11.5. The summed E-state index contributed by atoms with van der Waals surface area (Å²) in [4.78, 5) is 27.0. The Kier molecular flexibility index (Phi) is 3.63. The Morgan fingerprint density at radius 2 is 1.94 bits per heavy atom. The van der Waals surface area contributed by atoms with Gasteiger partial charge in [0.15, 0.2) is 0 Å². The lowest BCUT2D eigenvalue weighted by atomic mass is 9.41. The largest absolute Gasteiger partial charge is 0.462 e. The first kappa shape index (κ1) is 20.0. The van der Waals surface area contributed by atoms with E-state index in [-0.39, 0.29) is 58.6 Å². The molecular weight excluding hydrogens is 406 g/mol. The highest BCUT2D eigenvalue weighted by Crippen LogP contribution is 2.86. The summed E-state index contributed by atoms with van der Waals surface area (Å²) in [7, 11) is 0. The number of hydrogen-bond donors (Lipinski definition) is 0. The van der Waals surface area contributed by atoms with Gasteiger partial charge in [0.2, 0.25) is 0 Å². The summed E-state index contributed by atoms with van der Waals surface area (Å²) in [5.41, 5.74) is 1.12. The molecule has 9 rings (SSSR count). The van der Waals surface area contributed by atoms with Crippen molar-refractivity contribution < 1.29 is 23.8 Å². The number of carbonyl (C=O) groups is 2. The third kappa shape index (κ3) is 1.81. The number of hydrogen-bond acceptors (Lipinski definition) is 6. The van der Waals surface area contributed by atoms with Gasteiger partial charge in [-0.05, 0) is 62.0 Å². The van der Waals surface area contributed by atoms with Crippen molar-refractivity contribution >= 4 is 11.9 Å². The summed E-state index contributed by atoms with van der Waals surface area (Å²) in [6.45, 7) is 13.2. The van der Waals surface area contributed by atoms with E-state index >= 15 is 0 Å². The first-order chi connectivity index (χ1) is 15.2. The Morgan fingerprint density at radius 3 is 2.62 bits per heavy atom. The Balaban J connectivity index is 1.44. The minimum atomic E-state index is -0.273. The summed E-state index contributed by atoms with van der Waals surface area (Å²) in [6.07, 6.45) is 5.37. The zero-order valence-electron chi connectivity index (χ0n) is 19.6. The van der Waals surface area contributed by atoms with Crippen LogP contribution < -0.4 is 0 Å². The van der Waals surface area contributed by atoms with Gasteiger partial charge in [-0.1, -0.05) is 20.4 Å². The molecule has 2 spiro atoms. The highest BCUT2D eigenvalue weighted by Gasteiger charge is 2.89. The topological polar surface area (TPSA) is 65.1 Å². The van der Waals surface area contributed by atoms with Crippen LogP contribution in [0.4, 0.5) is 0 Å². The lowest BCUT2D eigenvalue weighted by Gasteiger charge is -2.73. The molecular formula is C26H35NO5. The second-order valence-corrected chi connectivity index (χ2v) is 12.1. The Bertz CT molecular complexity index is 949. The third-order valence-corrected chi connectivity index (χ3v) is 11.5. The van der Waals surface area contributed by atoms with Gasteiger partial charge in [-0.25, -0.2) is 0 Å². The molecule has 4 saturated heterocycles. The number of carbonyl (C=O) groups excluding carboxylic acids is 2. The molecule has 9 aliphatic rings. The van der Waals surface area contributed by atoms with Gasteiger partial charge in [-0.3, -0.25) is 14.5 Å². The first-order valence-corrected chi connectivity index (χ1v) is 12.7. The van der Waals surface area contributed by atoms with Crippen LogP contribution in [-0.4, -0.2) is 54.0 Å². The first-order valence-electron chi connectivity index (χ1n) is 12.7. The van der Waals surface area contributed by atoms with Crippen LogP contribution in [0.25, 0.3) is 0 Å². The number of esters is 2. The summed E-state index contributed by atoms with van der Waals surface area (Å²) in [6, 6.07) is 0.473. The fourth-order valence-electron chi connectivity index (χ4n) is 11.2. The maximum Gasteiger partial charge on any atom is 0.303 e. The molecule has 9 fully saturated rings. The Labute approximate surface area is 190 Å². The van der Waals surface area contributed by atoms with Gasteiger partial charge in [0.05, 0.1) is 6.10 Å². The van der Waals surface area contributed by atoms with Crippen LogP contribution in [0.15, 0.2) is 12.2 Å². The van der Waals surface area contributed by atoms with Gasteiger partial charge < -0.3 is 14.2 Å². The molecule has 12 unspecified atom stereocenters. The molecule has 9 bridgehead atoms. The average Bonchev–Trinajstić information content (AvgIpc) is 3.28. The fourth-order valence-corrected chi connectivity index (χ4v) is 11.2. The second-order valence-electron chi connectivity index (χ2n) is 12.1. The van der Waals surface area contributed by atoms with E-state index in [2.05, 4.69) is 25.3 Å². The smallest absolute Gasteiger partial charge is 0.303 e. The number of ether oxygens (including phenoxy) is 3. The number of nitrogens with zero attached hydrogens (tertiary/aromatic N) is 1. The van der Waals surface area contributed by atoms with Crippen molar-refractivity contribution in [3.05, 3.63) is 12.2 Å². The predicted molar refractivity (Wildman–Crippen MR) is 115 cm³/mol. The predicted octanol–water partition coefficient (Wildman–Crippen LogP) is 3.30. The molecule has 6 nitrogen and oxygen atoms in total. The van der Waals surface area contributed by atoms with E-state index in [1.807, 2.05) is 0 Å². The van der Waals surface area contributed by atoms with Crippen molar-refractivity contribution in [1.29, 1.82) is 0 Å². The van der Waals surface area contributed by atoms with E-state index < -0.39 is 0 Å². The lowest BCUT2D eigenvalue weighted by molar-refractivity contribution is -0.372. The maximum absolute atomic E-state index is 12.3. The van der Waals surface area contributed by atoms with Gasteiger partial charge >= 0.3 is 11.9 Å². The molecule has 174 valence electrons. The number of fused-ring (bicyclic) bond motifs is 2. The molecule has 6 heteroatoms. The number of piperidine rings is 1. The zero-order chi connectivity index (χ0) is 22.4. The van der Waals surface area contributed by atoms with Crippen molar-refractivity contribution in [2.75, 3.05) is 6.54 Å². The molecule has 0 N–H and O–H groups in total. The van der Waals surface area contributed by atoms with E-state index in [4.69, 9.17) is 14.2 Å². The fraction of sp³-hybridized carbons (Fsp3) is 0.846. The van der Waals surface area contributed by atoms with Crippen molar-refractivity contribution in [2.45, 2.75) is 90.4 Å². The normalized spacial score (nSPS) is 58.2. The highest BCUT2D eigenvalue weighted by atomic mass is 16.6. The van der Waals surface area contributed by atoms with Gasteiger partial charge in [0.1, 0.15) is 18.4 Å². The van der Waals surface area contributed by atoms with Crippen LogP contribution >= 0.6 is 0 Å². The molecule has 4 heterocycles. The average molecular weight is 442 g/mol. The van der Waals surface area contributed by atoms with Crippen molar-refractivity contribution in [3.8, 4) is 0 Å². The van der Waals surface area contributed by atoms with Gasteiger partial charge in [-0.2, -0.15) is 0 Å². The van der Waals surface area contributed by atoms with Crippen LogP contribution in [0.1, 0.15) is 59.8 Å². The summed E-state index contributed by atoms with van der Waals surface area (Å²) < 4.78 is 19.0. The van der Waals surface area contributed by atoms with Crippen molar-refractivity contribution in [2.24, 2.45) is 39.9 Å². The van der Waals surface area contributed by atoms with Gasteiger partial charge in [0.25, 0.3) is 0 Å². The van der Waals surface area contributed by atoms with Crippen LogP contribution in [0.3, 0.4) is 0 Å². The lowest BCUT2D eigenvalue weighted by Crippen LogP contribution is -2.78. The van der Waals surface area contributed by atoms with E-state index in [0.29, 0.717) is 23.8 Å². The number of rotatable bonds is 3. The molecule has 0 aromatic rings. The van der Waals surface area contributed by atoms with E-state index in [1.165, 1.54) is 26.7 Å². The van der Waals surface area contributed by atoms with Crippen molar-refractivity contribution in [3.63, 3.8) is 0 Å². The Morgan fingerprint density at radius 1 is 1.19 bits per heavy atom. The van der Waals surface area contributed by atoms with E-state index in [9.17, 15) is 9.59 Å². The zero-order valence-corrected chi connectivity index (χ0v) is 19.6. The standard InChI is InChI=1S/C26H35NO5/c1-6-27-21-16-9-18-24(5)8-7-20(32-23(24)27)26(18,21)19-10-17(30-13(3)28)15-11-25(16,19)22(12(15)2)31-14(4)29/h15-23H,2,6-11H2,1,3-5H3. The molecule has 0 aromatic heterocycles. The summed E-state index contributed by atoms with van der Waals surface area (Å²) >= 11 is 0. The van der Waals surface area contributed by atoms with E-state index in [0.717, 1.165) is 31.4 Å². The molecule has 0 amide bonds. The summed E-state index contributed by atoms with van der Waals surface area (Å²) in [5.74, 6) is 1.07. The minimum Gasteiger partial charge on any atom is -0.462 e. The van der Waals surface area contributed by atoms with Crippen LogP contribution in [0.2, 0.25) is 0 Å². The van der Waals surface area contributed by atoms with Crippen LogP contribution in [0, 0.1) is 39.9 Å². The minimum absolute atomic E-state index is 0.0643. The molecule has 5 saturated carbocycles.